The Balaban J connectivity index is 2.05. The summed E-state index contributed by atoms with van der Waals surface area (Å²) in [6.45, 7) is 4.10. The summed E-state index contributed by atoms with van der Waals surface area (Å²) in [7, 11) is 1.84. The molecule has 0 N–H and O–H groups in total. The van der Waals surface area contributed by atoms with Crippen molar-refractivity contribution in [3.63, 3.8) is 0 Å². The molecule has 0 saturated heterocycles. The molecule has 22 heavy (non-hydrogen) atoms. The first-order valence-electron chi connectivity index (χ1n) is 7.41. The molecule has 0 atom stereocenters. The summed E-state index contributed by atoms with van der Waals surface area (Å²) < 4.78 is 0. The Bertz CT molecular complexity index is 846. The molecule has 2 nitrogen and oxygen atoms in total. The zero-order valence-corrected chi connectivity index (χ0v) is 13.1. The van der Waals surface area contributed by atoms with E-state index < -0.39 is 0 Å². The summed E-state index contributed by atoms with van der Waals surface area (Å²) in [5.41, 5.74) is 3.99. The standard InChI is InChI=1S/C20H19NO/c1-14-11-12-19(15(2)13-14)21(3)20(22)18-10-6-8-16-7-4-5-9-17(16)18/h4-13H,1-3H3. The van der Waals surface area contributed by atoms with E-state index in [0.29, 0.717) is 0 Å². The Labute approximate surface area is 131 Å². The molecule has 3 rings (SSSR count). The minimum atomic E-state index is 0.0174. The van der Waals surface area contributed by atoms with Crippen molar-refractivity contribution in [1.82, 2.24) is 0 Å². The van der Waals surface area contributed by atoms with Gasteiger partial charge in [-0.3, -0.25) is 4.79 Å². The second kappa shape index (κ2) is 5.64. The molecule has 110 valence electrons. The van der Waals surface area contributed by atoms with Crippen LogP contribution >= 0.6 is 0 Å². The van der Waals surface area contributed by atoms with Crippen LogP contribution in [0.4, 0.5) is 5.69 Å². The van der Waals surface area contributed by atoms with Gasteiger partial charge in [0.1, 0.15) is 0 Å². The molecular formula is C20H19NO. The van der Waals surface area contributed by atoms with E-state index in [4.69, 9.17) is 0 Å². The van der Waals surface area contributed by atoms with E-state index in [9.17, 15) is 4.79 Å². The van der Waals surface area contributed by atoms with Crippen molar-refractivity contribution in [3.8, 4) is 0 Å². The molecule has 0 saturated carbocycles. The lowest BCUT2D eigenvalue weighted by Crippen LogP contribution is -2.27. The molecule has 0 bridgehead atoms. The molecule has 2 heteroatoms. The van der Waals surface area contributed by atoms with Gasteiger partial charge in [-0.25, -0.2) is 0 Å². The van der Waals surface area contributed by atoms with Gasteiger partial charge in [-0.2, -0.15) is 0 Å². The van der Waals surface area contributed by atoms with E-state index in [1.54, 1.807) is 4.90 Å². The van der Waals surface area contributed by atoms with Crippen molar-refractivity contribution in [1.29, 1.82) is 0 Å². The molecule has 3 aromatic rings. The Morgan fingerprint density at radius 3 is 2.41 bits per heavy atom. The molecule has 0 fully saturated rings. The van der Waals surface area contributed by atoms with Crippen molar-refractivity contribution in [2.45, 2.75) is 13.8 Å². The largest absolute Gasteiger partial charge is 0.311 e. The summed E-state index contributed by atoms with van der Waals surface area (Å²) in [4.78, 5) is 14.7. The second-order valence-electron chi connectivity index (χ2n) is 5.68. The number of anilines is 1. The summed E-state index contributed by atoms with van der Waals surface area (Å²) in [5, 5.41) is 2.08. The number of fused-ring (bicyclic) bond motifs is 1. The van der Waals surface area contributed by atoms with Crippen LogP contribution < -0.4 is 4.90 Å². The van der Waals surface area contributed by atoms with Crippen LogP contribution in [-0.2, 0) is 0 Å². The van der Waals surface area contributed by atoms with Crippen molar-refractivity contribution < 1.29 is 4.79 Å². The van der Waals surface area contributed by atoms with Crippen LogP contribution in [0.2, 0.25) is 0 Å². The molecule has 0 unspecified atom stereocenters. The Morgan fingerprint density at radius 1 is 0.909 bits per heavy atom. The summed E-state index contributed by atoms with van der Waals surface area (Å²) in [6, 6.07) is 20.0. The third-order valence-corrected chi connectivity index (χ3v) is 4.04. The summed E-state index contributed by atoms with van der Waals surface area (Å²) in [5.74, 6) is 0.0174. The van der Waals surface area contributed by atoms with Gasteiger partial charge in [0.2, 0.25) is 0 Å². The van der Waals surface area contributed by atoms with Gasteiger partial charge < -0.3 is 4.90 Å². The molecule has 1 amide bonds. The molecule has 0 heterocycles. The molecule has 0 radical (unpaired) electrons. The summed E-state index contributed by atoms with van der Waals surface area (Å²) >= 11 is 0. The normalized spacial score (nSPS) is 10.7. The average molecular weight is 289 g/mol. The third-order valence-electron chi connectivity index (χ3n) is 4.04. The van der Waals surface area contributed by atoms with Crippen molar-refractivity contribution in [2.24, 2.45) is 0 Å². The number of carbonyl (C=O) groups is 1. The maximum absolute atomic E-state index is 12.9. The average Bonchev–Trinajstić information content (AvgIpc) is 2.53. The van der Waals surface area contributed by atoms with Gasteiger partial charge in [0.25, 0.3) is 5.91 Å². The Hall–Kier alpha value is -2.61. The maximum Gasteiger partial charge on any atom is 0.258 e. The van der Waals surface area contributed by atoms with E-state index in [0.717, 1.165) is 27.6 Å². The number of carbonyl (C=O) groups excluding carboxylic acids is 1. The van der Waals surface area contributed by atoms with Crippen molar-refractivity contribution in [3.05, 3.63) is 77.4 Å². The fourth-order valence-electron chi connectivity index (χ4n) is 2.88. The fourth-order valence-corrected chi connectivity index (χ4v) is 2.88. The molecule has 0 aromatic heterocycles. The topological polar surface area (TPSA) is 20.3 Å². The van der Waals surface area contributed by atoms with E-state index in [2.05, 4.69) is 13.0 Å². The molecule has 0 spiro atoms. The number of rotatable bonds is 2. The molecule has 3 aromatic carbocycles. The molecule has 0 aliphatic rings. The Kier molecular flexibility index (Phi) is 3.68. The lowest BCUT2D eigenvalue weighted by atomic mass is 10.0. The smallest absolute Gasteiger partial charge is 0.258 e. The van der Waals surface area contributed by atoms with E-state index >= 15 is 0 Å². The van der Waals surface area contributed by atoms with E-state index in [1.165, 1.54) is 5.56 Å². The van der Waals surface area contributed by atoms with Gasteiger partial charge in [0.05, 0.1) is 0 Å². The number of hydrogen-bond donors (Lipinski definition) is 0. The van der Waals surface area contributed by atoms with Gasteiger partial charge in [-0.15, -0.1) is 0 Å². The van der Waals surface area contributed by atoms with Crippen LogP contribution in [0.5, 0.6) is 0 Å². The zero-order chi connectivity index (χ0) is 15.7. The van der Waals surface area contributed by atoms with E-state index in [-0.39, 0.29) is 5.91 Å². The van der Waals surface area contributed by atoms with Crippen LogP contribution in [0.25, 0.3) is 10.8 Å². The number of benzene rings is 3. The van der Waals surface area contributed by atoms with Gasteiger partial charge in [-0.1, -0.05) is 54.1 Å². The lowest BCUT2D eigenvalue weighted by molar-refractivity contribution is 0.0994. The quantitative estimate of drug-likeness (QED) is 0.667. The minimum Gasteiger partial charge on any atom is -0.311 e. The van der Waals surface area contributed by atoms with Crippen molar-refractivity contribution in [2.75, 3.05) is 11.9 Å². The van der Waals surface area contributed by atoms with Crippen LogP contribution in [0, 0.1) is 13.8 Å². The highest BCUT2D eigenvalue weighted by Crippen LogP contribution is 2.25. The molecule has 0 aliphatic carbocycles. The first-order valence-corrected chi connectivity index (χ1v) is 7.41. The predicted molar refractivity (Wildman–Crippen MR) is 92.6 cm³/mol. The maximum atomic E-state index is 12.9. The van der Waals surface area contributed by atoms with Gasteiger partial charge >= 0.3 is 0 Å². The second-order valence-corrected chi connectivity index (χ2v) is 5.68. The number of nitrogens with zero attached hydrogens (tertiary/aromatic N) is 1. The highest BCUT2D eigenvalue weighted by atomic mass is 16.2. The first kappa shape index (κ1) is 14.3. The van der Waals surface area contributed by atoms with Crippen molar-refractivity contribution >= 4 is 22.4 Å². The lowest BCUT2D eigenvalue weighted by Gasteiger charge is -2.21. The van der Waals surface area contributed by atoms with Crippen LogP contribution in [0.1, 0.15) is 21.5 Å². The summed E-state index contributed by atoms with van der Waals surface area (Å²) in [6.07, 6.45) is 0. The fraction of sp³-hybridized carbons (Fsp3) is 0.150. The van der Waals surface area contributed by atoms with E-state index in [1.807, 2.05) is 68.6 Å². The highest BCUT2D eigenvalue weighted by Gasteiger charge is 2.17. The van der Waals surface area contributed by atoms with Gasteiger partial charge in [0, 0.05) is 18.3 Å². The molecule has 0 aliphatic heterocycles. The molecular weight excluding hydrogens is 270 g/mol. The highest BCUT2D eigenvalue weighted by molar-refractivity contribution is 6.14. The SMILES string of the molecule is Cc1ccc(N(C)C(=O)c2cccc3ccccc23)c(C)c1. The van der Waals surface area contributed by atoms with Gasteiger partial charge in [0.15, 0.2) is 0 Å². The van der Waals surface area contributed by atoms with Crippen LogP contribution in [0.15, 0.2) is 60.7 Å². The predicted octanol–water partition coefficient (Wildman–Crippen LogP) is 4.73. The van der Waals surface area contributed by atoms with Crippen LogP contribution in [-0.4, -0.2) is 13.0 Å². The number of aryl methyl sites for hydroxylation is 2. The monoisotopic (exact) mass is 289 g/mol. The third kappa shape index (κ3) is 2.48. The Morgan fingerprint density at radius 2 is 1.64 bits per heavy atom. The van der Waals surface area contributed by atoms with Gasteiger partial charge in [-0.05, 0) is 42.3 Å². The zero-order valence-electron chi connectivity index (χ0n) is 13.1. The minimum absolute atomic E-state index is 0.0174. The van der Waals surface area contributed by atoms with Crippen LogP contribution in [0.3, 0.4) is 0 Å². The number of amides is 1. The number of hydrogen-bond acceptors (Lipinski definition) is 1. The first-order chi connectivity index (χ1) is 10.6.